The van der Waals surface area contributed by atoms with Crippen molar-refractivity contribution in [2.45, 2.75) is 19.3 Å². The monoisotopic (exact) mass is 204 g/mol. The van der Waals surface area contributed by atoms with Crippen molar-refractivity contribution in [2.24, 2.45) is 0 Å². The molecule has 1 aliphatic carbocycles. The normalized spacial score (nSPS) is 15.1. The highest BCUT2D eigenvalue weighted by atomic mass is 19.1. The van der Waals surface area contributed by atoms with Crippen molar-refractivity contribution in [3.05, 3.63) is 47.8 Å². The highest BCUT2D eigenvalue weighted by molar-refractivity contribution is 5.70. The summed E-state index contributed by atoms with van der Waals surface area (Å²) >= 11 is 0. The van der Waals surface area contributed by atoms with Gasteiger partial charge in [-0.25, -0.2) is 4.39 Å². The van der Waals surface area contributed by atoms with Crippen molar-refractivity contribution < 1.29 is 9.50 Å². The van der Waals surface area contributed by atoms with Gasteiger partial charge in [0, 0.05) is 5.56 Å². The van der Waals surface area contributed by atoms with Crippen LogP contribution in [0.5, 0.6) is 0 Å². The van der Waals surface area contributed by atoms with Crippen molar-refractivity contribution in [3.8, 4) is 0 Å². The quantitative estimate of drug-likeness (QED) is 0.724. The van der Waals surface area contributed by atoms with E-state index in [1.54, 1.807) is 6.07 Å². The number of allylic oxidation sites excluding steroid dienone is 2. The lowest BCUT2D eigenvalue weighted by Gasteiger charge is -2.06. The van der Waals surface area contributed by atoms with Crippen LogP contribution in [0.3, 0.4) is 0 Å². The molecule has 0 atom stereocenters. The number of hydrogen-bond acceptors (Lipinski definition) is 1. The summed E-state index contributed by atoms with van der Waals surface area (Å²) in [6, 6.07) is 4.58. The van der Waals surface area contributed by atoms with Crippen LogP contribution < -0.4 is 0 Å². The fraction of sp³-hybridized carbons (Fsp3) is 0.231. The number of halogens is 1. The van der Waals surface area contributed by atoms with Crippen molar-refractivity contribution in [2.75, 3.05) is 0 Å². The van der Waals surface area contributed by atoms with Crippen LogP contribution >= 0.6 is 0 Å². The summed E-state index contributed by atoms with van der Waals surface area (Å²) in [4.78, 5) is 0. The van der Waals surface area contributed by atoms with Gasteiger partial charge in [0.25, 0.3) is 0 Å². The Balaban J connectivity index is 2.43. The van der Waals surface area contributed by atoms with Crippen LogP contribution in [0.2, 0.25) is 0 Å². The molecular formula is C13H13FO. The third-order valence-corrected chi connectivity index (χ3v) is 2.64. The Bertz CT molecular complexity index is 432. The molecule has 1 nitrogen and oxygen atoms in total. The molecule has 0 heterocycles. The van der Waals surface area contributed by atoms with E-state index in [1.807, 2.05) is 0 Å². The number of aliphatic hydroxyl groups is 1. The van der Waals surface area contributed by atoms with E-state index in [2.05, 4.69) is 12.7 Å². The third kappa shape index (κ3) is 2.09. The van der Waals surface area contributed by atoms with E-state index in [-0.39, 0.29) is 11.6 Å². The van der Waals surface area contributed by atoms with Crippen LogP contribution in [-0.2, 0) is 0 Å². The Morgan fingerprint density at radius 2 is 2.13 bits per heavy atom. The van der Waals surface area contributed by atoms with Crippen LogP contribution in [0.4, 0.5) is 4.39 Å². The molecule has 0 saturated heterocycles. The zero-order valence-electron chi connectivity index (χ0n) is 8.46. The minimum absolute atomic E-state index is 0.0886. The molecule has 0 aliphatic heterocycles. The Kier molecular flexibility index (Phi) is 2.58. The number of aliphatic hydroxyl groups excluding tert-OH is 1. The van der Waals surface area contributed by atoms with E-state index >= 15 is 0 Å². The van der Waals surface area contributed by atoms with Crippen molar-refractivity contribution >= 4 is 11.3 Å². The summed E-state index contributed by atoms with van der Waals surface area (Å²) in [5, 5.41) is 9.23. The molecule has 1 aromatic rings. The summed E-state index contributed by atoms with van der Waals surface area (Å²) in [5.41, 5.74) is 2.48. The second kappa shape index (κ2) is 3.89. The van der Waals surface area contributed by atoms with Gasteiger partial charge in [-0.05, 0) is 48.6 Å². The standard InChI is InChI=1S/C13H13FO/c1-9(15)11-6-12(8-13(14)7-11)10-4-2-3-5-10/h4,6-8,15H,1-3,5H2. The van der Waals surface area contributed by atoms with E-state index in [4.69, 9.17) is 0 Å². The van der Waals surface area contributed by atoms with Gasteiger partial charge in [-0.3, -0.25) is 0 Å². The van der Waals surface area contributed by atoms with Crippen molar-refractivity contribution in [3.63, 3.8) is 0 Å². The maximum atomic E-state index is 13.3. The maximum Gasteiger partial charge on any atom is 0.124 e. The third-order valence-electron chi connectivity index (χ3n) is 2.64. The average molecular weight is 204 g/mol. The maximum absolute atomic E-state index is 13.3. The molecule has 78 valence electrons. The molecule has 0 bridgehead atoms. The fourth-order valence-corrected chi connectivity index (χ4v) is 1.87. The predicted octanol–water partition coefficient (Wildman–Crippen LogP) is 3.92. The molecule has 0 unspecified atom stereocenters. The van der Waals surface area contributed by atoms with E-state index in [0.29, 0.717) is 5.56 Å². The van der Waals surface area contributed by atoms with Gasteiger partial charge in [0.2, 0.25) is 0 Å². The van der Waals surface area contributed by atoms with Crippen molar-refractivity contribution in [1.82, 2.24) is 0 Å². The van der Waals surface area contributed by atoms with Gasteiger partial charge in [0.15, 0.2) is 0 Å². The van der Waals surface area contributed by atoms with Gasteiger partial charge in [0.1, 0.15) is 11.6 Å². The SMILES string of the molecule is C=C(O)c1cc(F)cc(C2=CCCC2)c1. The highest BCUT2D eigenvalue weighted by Gasteiger charge is 2.10. The minimum Gasteiger partial charge on any atom is -0.508 e. The summed E-state index contributed by atoms with van der Waals surface area (Å²) < 4.78 is 13.3. The van der Waals surface area contributed by atoms with E-state index in [9.17, 15) is 9.50 Å². The van der Waals surface area contributed by atoms with E-state index in [0.717, 1.165) is 30.4 Å². The van der Waals surface area contributed by atoms with Crippen LogP contribution in [0, 0.1) is 5.82 Å². The molecule has 2 rings (SSSR count). The number of hydrogen-bond donors (Lipinski definition) is 1. The Labute approximate surface area is 88.6 Å². The fourth-order valence-electron chi connectivity index (χ4n) is 1.87. The van der Waals surface area contributed by atoms with Gasteiger partial charge in [0.05, 0.1) is 0 Å². The Morgan fingerprint density at radius 3 is 2.73 bits per heavy atom. The Hall–Kier alpha value is -1.57. The van der Waals surface area contributed by atoms with Gasteiger partial charge in [-0.2, -0.15) is 0 Å². The summed E-state index contributed by atoms with van der Waals surface area (Å²) in [6.45, 7) is 3.40. The first-order valence-corrected chi connectivity index (χ1v) is 5.05. The van der Waals surface area contributed by atoms with Gasteiger partial charge >= 0.3 is 0 Å². The van der Waals surface area contributed by atoms with Crippen LogP contribution in [0.1, 0.15) is 30.4 Å². The average Bonchev–Trinajstić information content (AvgIpc) is 2.69. The molecule has 1 N–H and O–H groups in total. The first-order chi connectivity index (χ1) is 7.16. The predicted molar refractivity (Wildman–Crippen MR) is 59.9 cm³/mol. The van der Waals surface area contributed by atoms with Gasteiger partial charge < -0.3 is 5.11 Å². The lowest BCUT2D eigenvalue weighted by atomic mass is 10.0. The molecule has 15 heavy (non-hydrogen) atoms. The lowest BCUT2D eigenvalue weighted by molar-refractivity contribution is 0.512. The smallest absolute Gasteiger partial charge is 0.124 e. The molecular weight excluding hydrogens is 191 g/mol. The van der Waals surface area contributed by atoms with Crippen molar-refractivity contribution in [1.29, 1.82) is 0 Å². The molecule has 0 spiro atoms. The van der Waals surface area contributed by atoms with Gasteiger partial charge in [-0.1, -0.05) is 12.7 Å². The lowest BCUT2D eigenvalue weighted by Crippen LogP contribution is -1.89. The van der Waals surface area contributed by atoms with Crippen LogP contribution in [0.15, 0.2) is 30.9 Å². The highest BCUT2D eigenvalue weighted by Crippen LogP contribution is 2.29. The molecule has 0 aromatic heterocycles. The molecule has 0 radical (unpaired) electrons. The first-order valence-electron chi connectivity index (χ1n) is 5.05. The largest absolute Gasteiger partial charge is 0.508 e. The van der Waals surface area contributed by atoms with Gasteiger partial charge in [-0.15, -0.1) is 0 Å². The van der Waals surface area contributed by atoms with E-state index < -0.39 is 0 Å². The molecule has 1 aliphatic rings. The molecule has 2 heteroatoms. The number of benzene rings is 1. The zero-order valence-corrected chi connectivity index (χ0v) is 8.46. The van der Waals surface area contributed by atoms with Crippen LogP contribution in [-0.4, -0.2) is 5.11 Å². The second-order valence-electron chi connectivity index (χ2n) is 3.80. The zero-order chi connectivity index (χ0) is 10.8. The molecule has 0 fully saturated rings. The van der Waals surface area contributed by atoms with Crippen LogP contribution in [0.25, 0.3) is 11.3 Å². The number of rotatable bonds is 2. The molecule has 1 aromatic carbocycles. The Morgan fingerprint density at radius 1 is 1.33 bits per heavy atom. The minimum atomic E-state index is -0.328. The summed E-state index contributed by atoms with van der Waals surface area (Å²) in [5.74, 6) is -0.417. The molecule has 0 saturated carbocycles. The van der Waals surface area contributed by atoms with E-state index in [1.165, 1.54) is 12.1 Å². The first kappa shape index (κ1) is 9.97. The summed E-state index contributed by atoms with van der Waals surface area (Å²) in [6.07, 6.45) is 5.29. The summed E-state index contributed by atoms with van der Waals surface area (Å²) in [7, 11) is 0. The topological polar surface area (TPSA) is 20.2 Å². The second-order valence-corrected chi connectivity index (χ2v) is 3.80. The molecule has 0 amide bonds.